The molecule has 0 aromatic carbocycles. The summed E-state index contributed by atoms with van der Waals surface area (Å²) in [5.74, 6) is -0.531. The fourth-order valence-electron chi connectivity index (χ4n) is 0.720. The number of hydrogen-bond acceptors (Lipinski definition) is 3. The van der Waals surface area contributed by atoms with Gasteiger partial charge in [0.25, 0.3) is 0 Å². The molecule has 4 heteroatoms. The second kappa shape index (κ2) is 5.07. The number of aliphatic carboxylic acids is 1. The quantitative estimate of drug-likeness (QED) is 0.622. The molecule has 0 bridgehead atoms. The number of nitrogens with zero attached hydrogens (tertiary/aromatic N) is 1. The number of thiol groups is 1. The first kappa shape index (κ1) is 10.4. The van der Waals surface area contributed by atoms with Crippen molar-refractivity contribution in [2.24, 2.45) is 0 Å². The zero-order valence-corrected chi connectivity index (χ0v) is 7.58. The summed E-state index contributed by atoms with van der Waals surface area (Å²) in [5, 5.41) is 8.65. The zero-order valence-electron chi connectivity index (χ0n) is 6.69. The lowest BCUT2D eigenvalue weighted by Crippen LogP contribution is -2.36. The van der Waals surface area contributed by atoms with E-state index < -0.39 is 12.0 Å². The molecule has 0 aromatic heterocycles. The lowest BCUT2D eigenvalue weighted by Gasteiger charge is -2.20. The summed E-state index contributed by atoms with van der Waals surface area (Å²) in [5.41, 5.74) is 0. The van der Waals surface area contributed by atoms with Crippen molar-refractivity contribution in [1.29, 1.82) is 0 Å². The molecule has 64 valence electrons. The monoisotopic (exact) mass is 175 g/mol. The molecule has 0 rings (SSSR count). The van der Waals surface area contributed by atoms with Crippen molar-refractivity contribution in [3.05, 3.63) is 12.3 Å². The van der Waals surface area contributed by atoms with Crippen molar-refractivity contribution < 1.29 is 9.90 Å². The highest BCUT2D eigenvalue weighted by Gasteiger charge is 2.17. The predicted octanol–water partition coefficient (Wildman–Crippen LogP) is 0.835. The summed E-state index contributed by atoms with van der Waals surface area (Å²) < 4.78 is 0. The van der Waals surface area contributed by atoms with E-state index in [0.717, 1.165) is 0 Å². The van der Waals surface area contributed by atoms with Crippen molar-refractivity contribution in [1.82, 2.24) is 4.90 Å². The number of rotatable bonds is 4. The highest BCUT2D eigenvalue weighted by atomic mass is 32.1. The minimum absolute atomic E-state index is 0.316. The Morgan fingerprint density at radius 2 is 2.36 bits per heavy atom. The van der Waals surface area contributed by atoms with Crippen LogP contribution < -0.4 is 0 Å². The second-order valence-electron chi connectivity index (χ2n) is 2.18. The van der Waals surface area contributed by atoms with Crippen LogP contribution in [-0.4, -0.2) is 34.8 Å². The van der Waals surface area contributed by atoms with E-state index in [4.69, 9.17) is 5.11 Å². The Balaban J connectivity index is 4.13. The topological polar surface area (TPSA) is 40.5 Å². The van der Waals surface area contributed by atoms with E-state index in [1.54, 1.807) is 24.2 Å². The smallest absolute Gasteiger partial charge is 0.327 e. The lowest BCUT2D eigenvalue weighted by atomic mass is 10.3. The highest BCUT2D eigenvalue weighted by Crippen LogP contribution is 1.99. The normalized spacial score (nSPS) is 13.4. The van der Waals surface area contributed by atoms with Crippen molar-refractivity contribution in [2.75, 3.05) is 12.8 Å². The first-order chi connectivity index (χ1) is 5.13. The Kier molecular flexibility index (Phi) is 4.77. The molecule has 0 spiro atoms. The van der Waals surface area contributed by atoms with E-state index in [1.807, 2.05) is 6.92 Å². The highest BCUT2D eigenvalue weighted by molar-refractivity contribution is 7.80. The van der Waals surface area contributed by atoms with Crippen LogP contribution in [-0.2, 0) is 4.79 Å². The van der Waals surface area contributed by atoms with Crippen molar-refractivity contribution in [3.8, 4) is 0 Å². The Hall–Kier alpha value is -0.640. The minimum Gasteiger partial charge on any atom is -0.480 e. The molecular formula is C7H13NO2S. The standard InChI is InChI=1S/C7H13NO2S/c1-3-4-8(2)6(5-11)7(9)10/h3-4,6,11H,5H2,1-2H3,(H,9,10)/t6-/m0/s1. The largest absolute Gasteiger partial charge is 0.480 e. The Bertz CT molecular complexity index is 159. The third-order valence-electron chi connectivity index (χ3n) is 1.33. The predicted molar refractivity (Wildman–Crippen MR) is 47.9 cm³/mol. The van der Waals surface area contributed by atoms with E-state index in [9.17, 15) is 4.79 Å². The summed E-state index contributed by atoms with van der Waals surface area (Å²) >= 11 is 3.93. The number of hydrogen-bond donors (Lipinski definition) is 2. The van der Waals surface area contributed by atoms with Gasteiger partial charge >= 0.3 is 5.97 Å². The zero-order chi connectivity index (χ0) is 8.85. The van der Waals surface area contributed by atoms with Gasteiger partial charge in [-0.05, 0) is 13.1 Å². The molecule has 0 aliphatic rings. The average molecular weight is 175 g/mol. The first-order valence-corrected chi connectivity index (χ1v) is 3.95. The summed E-state index contributed by atoms with van der Waals surface area (Å²) in [6.07, 6.45) is 3.51. The van der Waals surface area contributed by atoms with Gasteiger partial charge in [-0.3, -0.25) is 0 Å². The molecule has 3 nitrogen and oxygen atoms in total. The van der Waals surface area contributed by atoms with Gasteiger partial charge in [0, 0.05) is 12.8 Å². The summed E-state index contributed by atoms with van der Waals surface area (Å²) in [7, 11) is 1.72. The molecule has 0 aliphatic carbocycles. The van der Waals surface area contributed by atoms with Crippen LogP contribution in [0.1, 0.15) is 6.92 Å². The van der Waals surface area contributed by atoms with E-state index in [1.165, 1.54) is 0 Å². The van der Waals surface area contributed by atoms with Crippen LogP contribution in [0.3, 0.4) is 0 Å². The molecule has 0 saturated heterocycles. The van der Waals surface area contributed by atoms with Gasteiger partial charge in [0.1, 0.15) is 6.04 Å². The van der Waals surface area contributed by atoms with Gasteiger partial charge in [0.15, 0.2) is 0 Å². The van der Waals surface area contributed by atoms with Gasteiger partial charge in [-0.15, -0.1) is 0 Å². The number of carbonyl (C=O) groups is 1. The van der Waals surface area contributed by atoms with Gasteiger partial charge in [-0.1, -0.05) is 6.08 Å². The fraction of sp³-hybridized carbons (Fsp3) is 0.571. The van der Waals surface area contributed by atoms with Crippen LogP contribution in [0.2, 0.25) is 0 Å². The molecule has 11 heavy (non-hydrogen) atoms. The Morgan fingerprint density at radius 1 is 1.82 bits per heavy atom. The van der Waals surface area contributed by atoms with Crippen LogP contribution >= 0.6 is 12.6 Å². The molecule has 0 saturated carbocycles. The number of likely N-dealkylation sites (N-methyl/N-ethyl adjacent to an activating group) is 1. The Morgan fingerprint density at radius 3 is 2.64 bits per heavy atom. The van der Waals surface area contributed by atoms with Crippen LogP contribution in [0, 0.1) is 0 Å². The number of carboxylic acid groups (broad SMARTS) is 1. The molecule has 0 heterocycles. The molecule has 0 aliphatic heterocycles. The van der Waals surface area contributed by atoms with Crippen LogP contribution in [0.4, 0.5) is 0 Å². The van der Waals surface area contributed by atoms with E-state index in [-0.39, 0.29) is 0 Å². The average Bonchev–Trinajstić information content (AvgIpc) is 1.88. The van der Waals surface area contributed by atoms with Crippen molar-refractivity contribution >= 4 is 18.6 Å². The molecule has 0 amide bonds. The van der Waals surface area contributed by atoms with Crippen LogP contribution in [0.15, 0.2) is 12.3 Å². The summed E-state index contributed by atoms with van der Waals surface area (Å²) in [4.78, 5) is 12.1. The van der Waals surface area contributed by atoms with Crippen LogP contribution in [0.25, 0.3) is 0 Å². The maximum atomic E-state index is 10.5. The molecule has 1 N–H and O–H groups in total. The Labute approximate surface area is 72.1 Å². The number of allylic oxidation sites excluding steroid dienone is 1. The van der Waals surface area contributed by atoms with Gasteiger partial charge in [-0.2, -0.15) is 12.6 Å². The minimum atomic E-state index is -0.847. The SMILES string of the molecule is CC=CN(C)[C@@H](CS)C(=O)O. The van der Waals surface area contributed by atoms with E-state index in [2.05, 4.69) is 12.6 Å². The fourth-order valence-corrected chi connectivity index (χ4v) is 1.13. The molecule has 0 unspecified atom stereocenters. The molecular weight excluding hydrogens is 162 g/mol. The molecule has 1 atom stereocenters. The van der Waals surface area contributed by atoms with Gasteiger partial charge in [0.2, 0.25) is 0 Å². The maximum Gasteiger partial charge on any atom is 0.327 e. The lowest BCUT2D eigenvalue weighted by molar-refractivity contribution is -0.140. The third kappa shape index (κ3) is 3.32. The van der Waals surface area contributed by atoms with Crippen LogP contribution in [0.5, 0.6) is 0 Å². The second-order valence-corrected chi connectivity index (χ2v) is 2.55. The summed E-state index contributed by atoms with van der Waals surface area (Å²) in [6, 6.07) is -0.533. The van der Waals surface area contributed by atoms with E-state index in [0.29, 0.717) is 5.75 Å². The summed E-state index contributed by atoms with van der Waals surface area (Å²) in [6.45, 7) is 1.84. The van der Waals surface area contributed by atoms with Gasteiger partial charge in [0.05, 0.1) is 0 Å². The third-order valence-corrected chi connectivity index (χ3v) is 1.68. The molecule has 0 radical (unpaired) electrons. The molecule has 0 aromatic rings. The van der Waals surface area contributed by atoms with Crippen molar-refractivity contribution in [2.45, 2.75) is 13.0 Å². The van der Waals surface area contributed by atoms with Gasteiger partial charge in [-0.25, -0.2) is 4.79 Å². The maximum absolute atomic E-state index is 10.5. The van der Waals surface area contributed by atoms with Crippen molar-refractivity contribution in [3.63, 3.8) is 0 Å². The first-order valence-electron chi connectivity index (χ1n) is 3.32. The molecule has 0 fully saturated rings. The number of carboxylic acids is 1. The van der Waals surface area contributed by atoms with E-state index >= 15 is 0 Å². The van der Waals surface area contributed by atoms with Gasteiger partial charge < -0.3 is 10.0 Å².